The van der Waals surface area contributed by atoms with Gasteiger partial charge in [-0.05, 0) is 67.7 Å². The van der Waals surface area contributed by atoms with Crippen molar-refractivity contribution in [3.05, 3.63) is 81.7 Å². The summed E-state index contributed by atoms with van der Waals surface area (Å²) < 4.78 is 11.1. The van der Waals surface area contributed by atoms with Gasteiger partial charge in [-0.25, -0.2) is 4.79 Å². The Hall–Kier alpha value is -3.54. The summed E-state index contributed by atoms with van der Waals surface area (Å²) in [7, 11) is 0. The minimum absolute atomic E-state index is 0.124. The predicted octanol–water partition coefficient (Wildman–Crippen LogP) is 4.05. The van der Waals surface area contributed by atoms with Gasteiger partial charge in [0.2, 0.25) is 5.91 Å². The van der Waals surface area contributed by atoms with Gasteiger partial charge in [-0.1, -0.05) is 18.7 Å². The summed E-state index contributed by atoms with van der Waals surface area (Å²) in [5, 5.41) is 13.0. The van der Waals surface area contributed by atoms with E-state index >= 15 is 0 Å². The Morgan fingerprint density at radius 3 is 2.61 bits per heavy atom. The second-order valence-corrected chi connectivity index (χ2v) is 7.66. The second kappa shape index (κ2) is 9.98. The largest absolute Gasteiger partial charge is 0.508 e. The smallest absolute Gasteiger partial charge is 0.339 e. The average Bonchev–Trinajstić information content (AvgIpc) is 2.73. The molecule has 3 aromatic rings. The van der Waals surface area contributed by atoms with Crippen molar-refractivity contribution in [3.63, 3.8) is 0 Å². The number of ether oxygens (including phenoxy) is 1. The molecular formula is C25H27NO5. The van der Waals surface area contributed by atoms with E-state index < -0.39 is 5.63 Å². The van der Waals surface area contributed by atoms with Gasteiger partial charge < -0.3 is 19.6 Å². The number of phenolic OH excluding ortho intramolecular Hbond substituents is 1. The van der Waals surface area contributed by atoms with Crippen molar-refractivity contribution in [1.82, 2.24) is 5.32 Å². The maximum atomic E-state index is 12.5. The number of benzene rings is 2. The highest BCUT2D eigenvalue weighted by molar-refractivity contribution is 5.82. The van der Waals surface area contributed by atoms with Crippen LogP contribution in [0, 0.1) is 6.92 Å². The zero-order chi connectivity index (χ0) is 22.4. The molecule has 3 rings (SSSR count). The first-order valence-electron chi connectivity index (χ1n) is 10.2. The van der Waals surface area contributed by atoms with Crippen LogP contribution >= 0.6 is 0 Å². The van der Waals surface area contributed by atoms with E-state index in [1.807, 2.05) is 38.1 Å². The van der Waals surface area contributed by atoms with Gasteiger partial charge in [-0.3, -0.25) is 4.79 Å². The fourth-order valence-electron chi connectivity index (χ4n) is 3.30. The maximum absolute atomic E-state index is 12.5. The van der Waals surface area contributed by atoms with Gasteiger partial charge in [0.1, 0.15) is 23.7 Å². The van der Waals surface area contributed by atoms with E-state index in [4.69, 9.17) is 9.15 Å². The number of carbonyl (C=O) groups is 1. The molecule has 2 aromatic carbocycles. The minimum atomic E-state index is -0.432. The Kier molecular flexibility index (Phi) is 7.13. The molecule has 6 heteroatoms. The molecule has 0 unspecified atom stereocenters. The molecule has 162 valence electrons. The number of rotatable bonds is 9. The maximum Gasteiger partial charge on any atom is 0.339 e. The van der Waals surface area contributed by atoms with Crippen molar-refractivity contribution in [2.45, 2.75) is 33.1 Å². The van der Waals surface area contributed by atoms with Gasteiger partial charge in [0.25, 0.3) is 0 Å². The van der Waals surface area contributed by atoms with Crippen molar-refractivity contribution in [2.75, 3.05) is 13.2 Å². The monoisotopic (exact) mass is 421 g/mol. The number of nitrogens with one attached hydrogen (secondary N) is 1. The zero-order valence-electron chi connectivity index (χ0n) is 17.9. The number of amides is 1. The van der Waals surface area contributed by atoms with E-state index in [-0.39, 0.29) is 18.1 Å². The molecule has 0 spiro atoms. The molecule has 1 heterocycles. The Morgan fingerprint density at radius 1 is 1.16 bits per heavy atom. The van der Waals surface area contributed by atoms with Crippen LogP contribution in [0.4, 0.5) is 0 Å². The standard InChI is InChI=1S/C25H27NO5/c1-16(2)15-30-20-8-9-21-17(3)22(25(29)31-23(21)14-20)10-11-24(28)26-13-12-18-4-6-19(27)7-5-18/h4-9,14,27H,1,10-13,15H2,2-3H3,(H,26,28). The molecule has 1 aromatic heterocycles. The van der Waals surface area contributed by atoms with Gasteiger partial charge in [0.15, 0.2) is 0 Å². The first-order chi connectivity index (χ1) is 14.8. The Balaban J connectivity index is 1.60. The van der Waals surface area contributed by atoms with Gasteiger partial charge in [-0.15, -0.1) is 0 Å². The summed E-state index contributed by atoms with van der Waals surface area (Å²) in [6.45, 7) is 8.43. The fourth-order valence-corrected chi connectivity index (χ4v) is 3.30. The number of phenols is 1. The second-order valence-electron chi connectivity index (χ2n) is 7.66. The lowest BCUT2D eigenvalue weighted by Crippen LogP contribution is -2.26. The van der Waals surface area contributed by atoms with E-state index in [0.29, 0.717) is 42.9 Å². The lowest BCUT2D eigenvalue weighted by atomic mass is 10.0. The van der Waals surface area contributed by atoms with Crippen molar-refractivity contribution in [3.8, 4) is 11.5 Å². The van der Waals surface area contributed by atoms with E-state index in [0.717, 1.165) is 22.1 Å². The Morgan fingerprint density at radius 2 is 1.90 bits per heavy atom. The fraction of sp³-hybridized carbons (Fsp3) is 0.280. The summed E-state index contributed by atoms with van der Waals surface area (Å²) in [6.07, 6.45) is 1.18. The molecule has 6 nitrogen and oxygen atoms in total. The molecule has 0 fully saturated rings. The van der Waals surface area contributed by atoms with Crippen molar-refractivity contribution < 1.29 is 19.1 Å². The van der Waals surface area contributed by atoms with Crippen LogP contribution in [0.15, 0.2) is 63.8 Å². The van der Waals surface area contributed by atoms with Crippen LogP contribution in [-0.4, -0.2) is 24.2 Å². The Bertz CT molecular complexity index is 1150. The van der Waals surface area contributed by atoms with E-state index in [1.165, 1.54) is 0 Å². The van der Waals surface area contributed by atoms with Crippen molar-refractivity contribution in [1.29, 1.82) is 0 Å². The molecule has 2 N–H and O–H groups in total. The lowest BCUT2D eigenvalue weighted by Gasteiger charge is -2.10. The topological polar surface area (TPSA) is 88.8 Å². The van der Waals surface area contributed by atoms with Gasteiger partial charge >= 0.3 is 5.63 Å². The molecule has 0 aliphatic carbocycles. The van der Waals surface area contributed by atoms with Crippen LogP contribution in [0.2, 0.25) is 0 Å². The molecule has 0 radical (unpaired) electrons. The molecule has 0 saturated heterocycles. The highest BCUT2D eigenvalue weighted by Gasteiger charge is 2.14. The zero-order valence-corrected chi connectivity index (χ0v) is 17.9. The SMILES string of the molecule is C=C(C)COc1ccc2c(C)c(CCC(=O)NCCc3ccc(O)cc3)c(=O)oc2c1. The van der Waals surface area contributed by atoms with Crippen LogP contribution in [0.3, 0.4) is 0 Å². The van der Waals surface area contributed by atoms with E-state index in [2.05, 4.69) is 11.9 Å². The molecular weight excluding hydrogens is 394 g/mol. The average molecular weight is 421 g/mol. The van der Waals surface area contributed by atoms with E-state index in [1.54, 1.807) is 18.2 Å². The molecule has 31 heavy (non-hydrogen) atoms. The third kappa shape index (κ3) is 5.98. The van der Waals surface area contributed by atoms with Crippen LogP contribution in [0.25, 0.3) is 11.0 Å². The molecule has 0 atom stereocenters. The normalized spacial score (nSPS) is 10.8. The number of hydrogen-bond donors (Lipinski definition) is 2. The number of aromatic hydroxyl groups is 1. The van der Waals surface area contributed by atoms with Crippen LogP contribution in [0.1, 0.15) is 30.0 Å². The Labute approximate surface area is 181 Å². The molecule has 0 aliphatic rings. The summed E-state index contributed by atoms with van der Waals surface area (Å²) in [6, 6.07) is 12.3. The minimum Gasteiger partial charge on any atom is -0.508 e. The van der Waals surface area contributed by atoms with Gasteiger partial charge in [0, 0.05) is 30.0 Å². The first kappa shape index (κ1) is 22.2. The summed E-state index contributed by atoms with van der Waals surface area (Å²) in [4.78, 5) is 24.7. The third-order valence-corrected chi connectivity index (χ3v) is 5.02. The molecule has 0 saturated carbocycles. The van der Waals surface area contributed by atoms with Crippen molar-refractivity contribution in [2.24, 2.45) is 0 Å². The molecule has 0 aliphatic heterocycles. The predicted molar refractivity (Wildman–Crippen MR) is 121 cm³/mol. The van der Waals surface area contributed by atoms with Crippen LogP contribution < -0.4 is 15.7 Å². The molecule has 0 bridgehead atoms. The highest BCUT2D eigenvalue weighted by Crippen LogP contribution is 2.25. The number of aryl methyl sites for hydroxylation is 1. The summed E-state index contributed by atoms with van der Waals surface area (Å²) in [5.41, 5.74) is 3.28. The van der Waals surface area contributed by atoms with Crippen LogP contribution in [-0.2, 0) is 17.6 Å². The number of fused-ring (bicyclic) bond motifs is 1. The first-order valence-corrected chi connectivity index (χ1v) is 10.2. The summed E-state index contributed by atoms with van der Waals surface area (Å²) >= 11 is 0. The molecule has 1 amide bonds. The third-order valence-electron chi connectivity index (χ3n) is 5.02. The lowest BCUT2D eigenvalue weighted by molar-refractivity contribution is -0.121. The quantitative estimate of drug-likeness (QED) is 0.402. The number of hydrogen-bond acceptors (Lipinski definition) is 5. The van der Waals surface area contributed by atoms with E-state index in [9.17, 15) is 14.7 Å². The van der Waals surface area contributed by atoms with Crippen molar-refractivity contribution >= 4 is 16.9 Å². The highest BCUT2D eigenvalue weighted by atomic mass is 16.5. The number of carbonyl (C=O) groups excluding carboxylic acids is 1. The van der Waals surface area contributed by atoms with Gasteiger partial charge in [-0.2, -0.15) is 0 Å². The summed E-state index contributed by atoms with van der Waals surface area (Å²) in [5.74, 6) is 0.702. The van der Waals surface area contributed by atoms with Gasteiger partial charge in [0.05, 0.1) is 0 Å². The van der Waals surface area contributed by atoms with Crippen LogP contribution in [0.5, 0.6) is 11.5 Å².